The van der Waals surface area contributed by atoms with Gasteiger partial charge < -0.3 is 14.3 Å². The van der Waals surface area contributed by atoms with Crippen LogP contribution < -0.4 is 4.74 Å². The predicted molar refractivity (Wildman–Crippen MR) is 75.8 cm³/mol. The third-order valence-electron chi connectivity index (χ3n) is 3.19. The number of aliphatic hydroxyl groups is 1. The number of hydrogen-bond donors (Lipinski definition) is 1. The van der Waals surface area contributed by atoms with Gasteiger partial charge in [-0.1, -0.05) is 0 Å². The smallest absolute Gasteiger partial charge is 0.401 e. The molecular formula is C15H18F3NO3. The van der Waals surface area contributed by atoms with E-state index in [1.165, 1.54) is 4.90 Å². The van der Waals surface area contributed by atoms with Gasteiger partial charge in [0.1, 0.15) is 17.1 Å². The number of benzene rings is 1. The molecule has 0 spiro atoms. The number of alkyl halides is 3. The minimum absolute atomic E-state index is 0.0382. The van der Waals surface area contributed by atoms with Crippen molar-refractivity contribution in [2.75, 3.05) is 26.8 Å². The molecule has 2 aromatic rings. The van der Waals surface area contributed by atoms with Crippen molar-refractivity contribution in [1.29, 1.82) is 0 Å². The summed E-state index contributed by atoms with van der Waals surface area (Å²) in [7, 11) is 1.54. The van der Waals surface area contributed by atoms with Gasteiger partial charge in [-0.25, -0.2) is 0 Å². The second-order valence-electron chi connectivity index (χ2n) is 5.02. The summed E-state index contributed by atoms with van der Waals surface area (Å²) in [6.45, 7) is -0.994. The van der Waals surface area contributed by atoms with Crippen LogP contribution in [-0.2, 0) is 6.54 Å². The van der Waals surface area contributed by atoms with Crippen molar-refractivity contribution in [3.05, 3.63) is 30.0 Å². The van der Waals surface area contributed by atoms with Gasteiger partial charge in [-0.15, -0.1) is 0 Å². The molecule has 2 rings (SSSR count). The van der Waals surface area contributed by atoms with E-state index in [0.717, 1.165) is 5.39 Å². The van der Waals surface area contributed by atoms with Gasteiger partial charge in [-0.3, -0.25) is 4.90 Å². The monoisotopic (exact) mass is 317 g/mol. The van der Waals surface area contributed by atoms with Crippen LogP contribution in [0.2, 0.25) is 0 Å². The SMILES string of the molecule is COc1ccc2oc(CN(CCCO)CC(F)(F)F)cc2c1. The van der Waals surface area contributed by atoms with Crippen LogP contribution in [0.4, 0.5) is 13.2 Å². The highest BCUT2D eigenvalue weighted by molar-refractivity contribution is 5.79. The number of nitrogens with zero attached hydrogens (tertiary/aromatic N) is 1. The molecule has 4 nitrogen and oxygen atoms in total. The van der Waals surface area contributed by atoms with E-state index < -0.39 is 12.7 Å². The first-order valence-electron chi connectivity index (χ1n) is 6.87. The van der Waals surface area contributed by atoms with Crippen LogP contribution in [0.5, 0.6) is 5.75 Å². The van der Waals surface area contributed by atoms with Crippen molar-refractivity contribution in [2.45, 2.75) is 19.1 Å². The number of aliphatic hydroxyl groups excluding tert-OH is 1. The van der Waals surface area contributed by atoms with Gasteiger partial charge in [0.15, 0.2) is 0 Å². The molecule has 0 aliphatic heterocycles. The molecule has 0 aliphatic carbocycles. The highest BCUT2D eigenvalue weighted by atomic mass is 19.4. The lowest BCUT2D eigenvalue weighted by Crippen LogP contribution is -2.34. The fraction of sp³-hybridized carbons (Fsp3) is 0.467. The topological polar surface area (TPSA) is 45.8 Å². The molecule has 0 bridgehead atoms. The molecule has 122 valence electrons. The first-order valence-corrected chi connectivity index (χ1v) is 6.87. The Kier molecular flexibility index (Phi) is 5.31. The van der Waals surface area contributed by atoms with Crippen LogP contribution >= 0.6 is 0 Å². The van der Waals surface area contributed by atoms with Crippen LogP contribution in [0.25, 0.3) is 11.0 Å². The van der Waals surface area contributed by atoms with E-state index >= 15 is 0 Å². The Morgan fingerprint density at radius 3 is 2.68 bits per heavy atom. The minimum Gasteiger partial charge on any atom is -0.497 e. The van der Waals surface area contributed by atoms with Crippen LogP contribution in [0.15, 0.2) is 28.7 Å². The van der Waals surface area contributed by atoms with E-state index in [4.69, 9.17) is 14.3 Å². The Bertz CT molecular complexity index is 610. The Morgan fingerprint density at radius 1 is 1.27 bits per heavy atom. The summed E-state index contributed by atoms with van der Waals surface area (Å²) in [6, 6.07) is 6.93. The number of fused-ring (bicyclic) bond motifs is 1. The maximum absolute atomic E-state index is 12.6. The van der Waals surface area contributed by atoms with E-state index in [1.807, 2.05) is 0 Å². The standard InChI is InChI=1S/C15H18F3NO3/c1-21-12-3-4-14-11(7-12)8-13(22-14)9-19(5-2-6-20)10-15(16,17)18/h3-4,7-8,20H,2,5-6,9-10H2,1H3. The maximum atomic E-state index is 12.6. The zero-order chi connectivity index (χ0) is 16.2. The largest absolute Gasteiger partial charge is 0.497 e. The van der Waals surface area contributed by atoms with Crippen molar-refractivity contribution >= 4 is 11.0 Å². The lowest BCUT2D eigenvalue weighted by Gasteiger charge is -2.22. The van der Waals surface area contributed by atoms with E-state index in [0.29, 0.717) is 17.1 Å². The molecule has 7 heteroatoms. The number of hydrogen-bond acceptors (Lipinski definition) is 4. The number of furan rings is 1. The van der Waals surface area contributed by atoms with Crippen molar-refractivity contribution in [2.24, 2.45) is 0 Å². The second kappa shape index (κ2) is 7.02. The second-order valence-corrected chi connectivity index (χ2v) is 5.02. The summed E-state index contributed by atoms with van der Waals surface area (Å²) >= 11 is 0. The molecule has 1 N–H and O–H groups in total. The minimum atomic E-state index is -4.29. The average molecular weight is 317 g/mol. The zero-order valence-electron chi connectivity index (χ0n) is 12.2. The van der Waals surface area contributed by atoms with Gasteiger partial charge in [0.05, 0.1) is 20.2 Å². The van der Waals surface area contributed by atoms with Crippen molar-refractivity contribution in [3.8, 4) is 5.75 Å². The Balaban J connectivity index is 2.14. The van der Waals surface area contributed by atoms with Crippen LogP contribution in [0.1, 0.15) is 12.2 Å². The summed E-state index contributed by atoms with van der Waals surface area (Å²) < 4.78 is 48.4. The summed E-state index contributed by atoms with van der Waals surface area (Å²) in [4.78, 5) is 1.21. The van der Waals surface area contributed by atoms with Crippen LogP contribution in [0.3, 0.4) is 0 Å². The van der Waals surface area contributed by atoms with E-state index in [2.05, 4.69) is 0 Å². The van der Waals surface area contributed by atoms with E-state index in [1.54, 1.807) is 31.4 Å². The average Bonchev–Trinajstić information content (AvgIpc) is 2.84. The summed E-state index contributed by atoms with van der Waals surface area (Å²) in [5, 5.41) is 9.59. The van der Waals surface area contributed by atoms with E-state index in [9.17, 15) is 13.2 Å². The van der Waals surface area contributed by atoms with Gasteiger partial charge in [0, 0.05) is 18.5 Å². The van der Waals surface area contributed by atoms with Gasteiger partial charge in [-0.2, -0.15) is 13.2 Å². The normalized spacial score (nSPS) is 12.3. The molecule has 1 aromatic carbocycles. The number of halogens is 3. The van der Waals surface area contributed by atoms with E-state index in [-0.39, 0.29) is 26.1 Å². The number of rotatable bonds is 7. The Labute approximate surface area is 126 Å². The molecule has 0 atom stereocenters. The molecule has 1 aromatic heterocycles. The summed E-state index contributed by atoms with van der Waals surface area (Å²) in [5.74, 6) is 1.11. The highest BCUT2D eigenvalue weighted by Gasteiger charge is 2.30. The summed E-state index contributed by atoms with van der Waals surface area (Å²) in [6.07, 6.45) is -4.01. The van der Waals surface area contributed by atoms with Crippen LogP contribution in [-0.4, -0.2) is 43.0 Å². The zero-order valence-corrected chi connectivity index (χ0v) is 12.2. The lowest BCUT2D eigenvalue weighted by atomic mass is 10.2. The highest BCUT2D eigenvalue weighted by Crippen LogP contribution is 2.26. The fourth-order valence-corrected chi connectivity index (χ4v) is 2.26. The van der Waals surface area contributed by atoms with Gasteiger partial charge >= 0.3 is 6.18 Å². The third-order valence-corrected chi connectivity index (χ3v) is 3.19. The molecule has 0 saturated heterocycles. The Morgan fingerprint density at radius 2 is 2.05 bits per heavy atom. The van der Waals surface area contributed by atoms with Crippen molar-refractivity contribution in [1.82, 2.24) is 4.90 Å². The molecule has 0 unspecified atom stereocenters. The molecular weight excluding hydrogens is 299 g/mol. The predicted octanol–water partition coefficient (Wildman–Crippen LogP) is 3.19. The van der Waals surface area contributed by atoms with Crippen molar-refractivity contribution < 1.29 is 27.4 Å². The third kappa shape index (κ3) is 4.64. The van der Waals surface area contributed by atoms with Crippen molar-refractivity contribution in [3.63, 3.8) is 0 Å². The lowest BCUT2D eigenvalue weighted by molar-refractivity contribution is -0.147. The molecule has 1 heterocycles. The summed E-state index contributed by atoms with van der Waals surface area (Å²) in [5.41, 5.74) is 0.602. The fourth-order valence-electron chi connectivity index (χ4n) is 2.26. The Hall–Kier alpha value is -1.73. The first kappa shape index (κ1) is 16.6. The maximum Gasteiger partial charge on any atom is 0.401 e. The first-order chi connectivity index (χ1) is 10.4. The van der Waals surface area contributed by atoms with Gasteiger partial charge in [0.25, 0.3) is 0 Å². The molecule has 0 saturated carbocycles. The molecule has 22 heavy (non-hydrogen) atoms. The molecule has 0 fully saturated rings. The quantitative estimate of drug-likeness (QED) is 0.852. The van der Waals surface area contributed by atoms with Crippen LogP contribution in [0, 0.1) is 0 Å². The number of ether oxygens (including phenoxy) is 1. The molecule has 0 radical (unpaired) electrons. The van der Waals surface area contributed by atoms with Gasteiger partial charge in [-0.05, 0) is 30.7 Å². The molecule has 0 aliphatic rings. The number of methoxy groups -OCH3 is 1. The molecule has 0 amide bonds. The van der Waals surface area contributed by atoms with Gasteiger partial charge in [0.2, 0.25) is 0 Å².